The van der Waals surface area contributed by atoms with Gasteiger partial charge in [0, 0.05) is 13.6 Å². The Kier molecular flexibility index (Phi) is 5.81. The molecule has 1 saturated heterocycles. The summed E-state index contributed by atoms with van der Waals surface area (Å²) < 4.78 is 1.95. The van der Waals surface area contributed by atoms with Gasteiger partial charge in [0.25, 0.3) is 5.91 Å². The quantitative estimate of drug-likeness (QED) is 0.916. The average Bonchev–Trinajstić information content (AvgIpc) is 2.84. The maximum Gasteiger partial charge on any atom is 0.276 e. The van der Waals surface area contributed by atoms with E-state index in [1.165, 1.54) is 19.3 Å². The van der Waals surface area contributed by atoms with Crippen LogP contribution in [-0.4, -0.2) is 52.5 Å². The van der Waals surface area contributed by atoms with Crippen molar-refractivity contribution in [2.75, 3.05) is 26.7 Å². The van der Waals surface area contributed by atoms with Crippen LogP contribution in [0.3, 0.4) is 0 Å². The predicted octanol–water partition coefficient (Wildman–Crippen LogP) is 1.80. The molecule has 124 valence electrons. The molecule has 22 heavy (non-hydrogen) atoms. The molecule has 7 heteroatoms. The first-order chi connectivity index (χ1) is 10.2. The van der Waals surface area contributed by atoms with Crippen molar-refractivity contribution in [3.05, 3.63) is 11.4 Å². The topological polar surface area (TPSA) is 63.1 Å². The fourth-order valence-corrected chi connectivity index (χ4v) is 3.26. The molecule has 1 aromatic rings. The van der Waals surface area contributed by atoms with Crippen LogP contribution in [0.1, 0.15) is 54.3 Å². The van der Waals surface area contributed by atoms with Gasteiger partial charge in [-0.3, -0.25) is 4.79 Å². The molecule has 3 rings (SSSR count). The summed E-state index contributed by atoms with van der Waals surface area (Å²) >= 11 is 0. The maximum atomic E-state index is 12.5. The Morgan fingerprint density at radius 3 is 2.59 bits per heavy atom. The van der Waals surface area contributed by atoms with E-state index in [9.17, 15) is 4.79 Å². The van der Waals surface area contributed by atoms with Crippen LogP contribution in [0.5, 0.6) is 0 Å². The smallest absolute Gasteiger partial charge is 0.276 e. The summed E-state index contributed by atoms with van der Waals surface area (Å²) in [7, 11) is 1.88. The lowest BCUT2D eigenvalue weighted by Crippen LogP contribution is -2.35. The van der Waals surface area contributed by atoms with E-state index in [1.54, 1.807) is 0 Å². The van der Waals surface area contributed by atoms with Gasteiger partial charge in [0.05, 0.1) is 11.7 Å². The van der Waals surface area contributed by atoms with Crippen molar-refractivity contribution < 1.29 is 4.79 Å². The minimum absolute atomic E-state index is 0. The molecule has 0 spiro atoms. The van der Waals surface area contributed by atoms with E-state index in [0.717, 1.165) is 38.2 Å². The van der Waals surface area contributed by atoms with E-state index in [1.807, 2.05) is 23.6 Å². The SMILES string of the molecule is Cc1c(C(=O)N(C)CC2CCC2)nnn1C1CCNCC1.Cl. The number of aromatic nitrogens is 3. The van der Waals surface area contributed by atoms with E-state index in [-0.39, 0.29) is 18.3 Å². The molecule has 0 bridgehead atoms. The molecule has 1 aliphatic carbocycles. The van der Waals surface area contributed by atoms with Crippen LogP contribution in [0.4, 0.5) is 0 Å². The van der Waals surface area contributed by atoms with Crippen molar-refractivity contribution in [1.29, 1.82) is 0 Å². The Balaban J connectivity index is 0.00000176. The third kappa shape index (κ3) is 3.43. The van der Waals surface area contributed by atoms with Crippen molar-refractivity contribution in [1.82, 2.24) is 25.2 Å². The van der Waals surface area contributed by atoms with Gasteiger partial charge in [-0.1, -0.05) is 11.6 Å². The van der Waals surface area contributed by atoms with Gasteiger partial charge in [0.1, 0.15) is 0 Å². The van der Waals surface area contributed by atoms with Crippen LogP contribution in [0.2, 0.25) is 0 Å². The van der Waals surface area contributed by atoms with Gasteiger partial charge in [-0.25, -0.2) is 4.68 Å². The number of amides is 1. The standard InChI is InChI=1S/C15H25N5O.ClH/c1-11-14(15(21)19(2)10-12-4-3-5-12)17-18-20(11)13-6-8-16-9-7-13;/h12-13,16H,3-10H2,1-2H3;1H. The first kappa shape index (κ1) is 17.2. The van der Waals surface area contributed by atoms with Gasteiger partial charge in [-0.05, 0) is 51.6 Å². The number of halogens is 1. The van der Waals surface area contributed by atoms with Crippen LogP contribution >= 0.6 is 12.4 Å². The number of rotatable bonds is 4. The first-order valence-corrected chi connectivity index (χ1v) is 8.04. The average molecular weight is 328 g/mol. The Hall–Kier alpha value is -1.14. The number of hydrogen-bond acceptors (Lipinski definition) is 4. The largest absolute Gasteiger partial charge is 0.340 e. The van der Waals surface area contributed by atoms with Crippen molar-refractivity contribution in [3.8, 4) is 0 Å². The van der Waals surface area contributed by atoms with E-state index < -0.39 is 0 Å². The number of nitrogens with zero attached hydrogens (tertiary/aromatic N) is 4. The number of hydrogen-bond donors (Lipinski definition) is 1. The third-order valence-corrected chi connectivity index (χ3v) is 4.89. The van der Waals surface area contributed by atoms with Gasteiger partial charge < -0.3 is 10.2 Å². The summed E-state index contributed by atoms with van der Waals surface area (Å²) in [6.45, 7) is 4.83. The number of nitrogens with one attached hydrogen (secondary N) is 1. The maximum absolute atomic E-state index is 12.5. The second-order valence-electron chi connectivity index (χ2n) is 6.43. The molecule has 2 heterocycles. The second-order valence-corrected chi connectivity index (χ2v) is 6.43. The lowest BCUT2D eigenvalue weighted by atomic mass is 9.85. The molecule has 2 aliphatic rings. The van der Waals surface area contributed by atoms with Crippen LogP contribution in [0.25, 0.3) is 0 Å². The third-order valence-electron chi connectivity index (χ3n) is 4.89. The summed E-state index contributed by atoms with van der Waals surface area (Å²) in [6.07, 6.45) is 5.90. The Labute approximate surface area is 138 Å². The fraction of sp³-hybridized carbons (Fsp3) is 0.800. The highest BCUT2D eigenvalue weighted by molar-refractivity contribution is 5.93. The molecule has 1 aromatic heterocycles. The Bertz CT molecular complexity index is 508. The van der Waals surface area contributed by atoms with Crippen LogP contribution in [-0.2, 0) is 0 Å². The summed E-state index contributed by atoms with van der Waals surface area (Å²) in [5.74, 6) is 0.693. The highest BCUT2D eigenvalue weighted by atomic mass is 35.5. The summed E-state index contributed by atoms with van der Waals surface area (Å²) in [6, 6.07) is 0.372. The molecule has 1 amide bonds. The molecule has 2 fully saturated rings. The second kappa shape index (κ2) is 7.42. The van der Waals surface area contributed by atoms with Gasteiger partial charge in [0.2, 0.25) is 0 Å². The van der Waals surface area contributed by atoms with Crippen LogP contribution in [0, 0.1) is 12.8 Å². The zero-order chi connectivity index (χ0) is 14.8. The first-order valence-electron chi connectivity index (χ1n) is 8.04. The van der Waals surface area contributed by atoms with Crippen molar-refractivity contribution in [3.63, 3.8) is 0 Å². The van der Waals surface area contributed by atoms with Gasteiger partial charge in [-0.15, -0.1) is 17.5 Å². The molecule has 0 radical (unpaired) electrons. The summed E-state index contributed by atoms with van der Waals surface area (Å²) in [4.78, 5) is 14.3. The summed E-state index contributed by atoms with van der Waals surface area (Å²) in [5, 5.41) is 11.8. The minimum Gasteiger partial charge on any atom is -0.340 e. The number of carbonyl (C=O) groups excluding carboxylic acids is 1. The predicted molar refractivity (Wildman–Crippen MR) is 87.4 cm³/mol. The lowest BCUT2D eigenvalue weighted by molar-refractivity contribution is 0.0738. The highest BCUT2D eigenvalue weighted by Crippen LogP contribution is 2.27. The molecule has 1 aliphatic heterocycles. The van der Waals surface area contributed by atoms with Gasteiger partial charge in [0.15, 0.2) is 5.69 Å². The van der Waals surface area contributed by atoms with E-state index in [0.29, 0.717) is 17.7 Å². The Morgan fingerprint density at radius 1 is 1.32 bits per heavy atom. The molecule has 0 aromatic carbocycles. The van der Waals surface area contributed by atoms with Crippen LogP contribution in [0.15, 0.2) is 0 Å². The van der Waals surface area contributed by atoms with Crippen molar-refractivity contribution in [2.24, 2.45) is 5.92 Å². The van der Waals surface area contributed by atoms with E-state index >= 15 is 0 Å². The molecular weight excluding hydrogens is 302 g/mol. The fourth-order valence-electron chi connectivity index (χ4n) is 3.26. The molecular formula is C15H26ClN5O. The monoisotopic (exact) mass is 327 g/mol. The van der Waals surface area contributed by atoms with Crippen LogP contribution < -0.4 is 5.32 Å². The number of carbonyl (C=O) groups is 1. The molecule has 0 unspecified atom stereocenters. The van der Waals surface area contributed by atoms with E-state index in [4.69, 9.17) is 0 Å². The zero-order valence-corrected chi connectivity index (χ0v) is 14.2. The van der Waals surface area contributed by atoms with Gasteiger partial charge >= 0.3 is 0 Å². The minimum atomic E-state index is 0. The molecule has 0 atom stereocenters. The normalized spacial score (nSPS) is 19.4. The molecule has 6 nitrogen and oxygen atoms in total. The Morgan fingerprint density at radius 2 is 2.00 bits per heavy atom. The highest BCUT2D eigenvalue weighted by Gasteiger charge is 2.27. The van der Waals surface area contributed by atoms with Crippen molar-refractivity contribution >= 4 is 18.3 Å². The zero-order valence-electron chi connectivity index (χ0n) is 13.4. The number of piperidine rings is 1. The van der Waals surface area contributed by atoms with Gasteiger partial charge in [-0.2, -0.15) is 0 Å². The van der Waals surface area contributed by atoms with Crippen molar-refractivity contribution in [2.45, 2.75) is 45.1 Å². The molecule has 1 N–H and O–H groups in total. The molecule has 1 saturated carbocycles. The lowest BCUT2D eigenvalue weighted by Gasteiger charge is -2.29. The van der Waals surface area contributed by atoms with E-state index in [2.05, 4.69) is 15.6 Å². The summed E-state index contributed by atoms with van der Waals surface area (Å²) in [5.41, 5.74) is 1.43.